The van der Waals surface area contributed by atoms with Gasteiger partial charge in [0.1, 0.15) is 5.75 Å². The first kappa shape index (κ1) is 15.9. The summed E-state index contributed by atoms with van der Waals surface area (Å²) in [6.45, 7) is 0. The number of aromatic nitrogens is 1. The molecule has 1 aromatic carbocycles. The van der Waals surface area contributed by atoms with Crippen molar-refractivity contribution in [1.29, 1.82) is 0 Å². The molecular formula is C20H22N2O3. The third-order valence-electron chi connectivity index (χ3n) is 4.92. The molecule has 0 spiro atoms. The summed E-state index contributed by atoms with van der Waals surface area (Å²) in [7, 11) is 1.63. The van der Waals surface area contributed by atoms with E-state index in [4.69, 9.17) is 9.15 Å². The quantitative estimate of drug-likeness (QED) is 0.717. The summed E-state index contributed by atoms with van der Waals surface area (Å²) >= 11 is 0. The van der Waals surface area contributed by atoms with Gasteiger partial charge in [0.05, 0.1) is 12.6 Å². The van der Waals surface area contributed by atoms with Gasteiger partial charge < -0.3 is 14.5 Å². The van der Waals surface area contributed by atoms with Crippen LogP contribution >= 0.6 is 0 Å². The number of methoxy groups -OCH3 is 1. The van der Waals surface area contributed by atoms with Gasteiger partial charge in [0.2, 0.25) is 5.71 Å². The minimum atomic E-state index is -0.147. The molecule has 1 aliphatic rings. The van der Waals surface area contributed by atoms with Crippen LogP contribution in [-0.2, 0) is 0 Å². The maximum atomic E-state index is 12.5. The van der Waals surface area contributed by atoms with Crippen LogP contribution in [0.15, 0.2) is 34.7 Å². The number of nitrogens with zero attached hydrogens (tertiary/aromatic N) is 1. The number of carbonyl (C=O) groups excluding carboxylic acids is 1. The van der Waals surface area contributed by atoms with Crippen molar-refractivity contribution in [3.05, 3.63) is 36.1 Å². The predicted molar refractivity (Wildman–Crippen MR) is 97.0 cm³/mol. The van der Waals surface area contributed by atoms with Crippen LogP contribution in [0.5, 0.6) is 5.75 Å². The van der Waals surface area contributed by atoms with Crippen LogP contribution in [0.3, 0.4) is 0 Å². The molecule has 0 bridgehead atoms. The Morgan fingerprint density at radius 2 is 1.92 bits per heavy atom. The Labute approximate surface area is 146 Å². The highest BCUT2D eigenvalue weighted by molar-refractivity contribution is 5.98. The Hall–Kier alpha value is -2.56. The van der Waals surface area contributed by atoms with Crippen molar-refractivity contribution in [2.75, 3.05) is 7.11 Å². The molecule has 0 radical (unpaired) electrons. The summed E-state index contributed by atoms with van der Waals surface area (Å²) in [6.07, 6.45) is 6.98. The number of hydrogen-bond acceptors (Lipinski definition) is 4. The monoisotopic (exact) mass is 338 g/mol. The number of hydrogen-bond donors (Lipinski definition) is 1. The third kappa shape index (κ3) is 3.31. The molecule has 0 aliphatic heterocycles. The SMILES string of the molecule is COc1ccc2cc3cc(C(=O)NC4CCCCCC4)oc3nc2c1. The van der Waals surface area contributed by atoms with Crippen LogP contribution in [0.25, 0.3) is 22.0 Å². The van der Waals surface area contributed by atoms with E-state index in [0.29, 0.717) is 11.5 Å². The van der Waals surface area contributed by atoms with Crippen molar-refractivity contribution in [1.82, 2.24) is 10.3 Å². The Morgan fingerprint density at radius 1 is 1.12 bits per heavy atom. The van der Waals surface area contributed by atoms with Gasteiger partial charge in [-0.2, -0.15) is 0 Å². The first-order chi connectivity index (χ1) is 12.2. The molecule has 5 heteroatoms. The number of pyridine rings is 1. The first-order valence-corrected chi connectivity index (χ1v) is 8.92. The third-order valence-corrected chi connectivity index (χ3v) is 4.92. The number of furan rings is 1. The van der Waals surface area contributed by atoms with Gasteiger partial charge in [-0.25, -0.2) is 4.98 Å². The molecule has 1 saturated carbocycles. The van der Waals surface area contributed by atoms with E-state index in [1.165, 1.54) is 25.7 Å². The van der Waals surface area contributed by atoms with Crippen molar-refractivity contribution in [3.63, 3.8) is 0 Å². The van der Waals surface area contributed by atoms with Crippen LogP contribution in [-0.4, -0.2) is 24.0 Å². The van der Waals surface area contributed by atoms with Gasteiger partial charge in [-0.15, -0.1) is 0 Å². The van der Waals surface area contributed by atoms with Crippen LogP contribution < -0.4 is 10.1 Å². The smallest absolute Gasteiger partial charge is 0.287 e. The van der Waals surface area contributed by atoms with Crippen molar-refractivity contribution < 1.29 is 13.9 Å². The second-order valence-electron chi connectivity index (χ2n) is 6.71. The van der Waals surface area contributed by atoms with Crippen molar-refractivity contribution in [2.24, 2.45) is 0 Å². The standard InChI is InChI=1S/C20H22N2O3/c1-24-16-9-8-13-10-14-11-18(25-20(14)22-17(13)12-16)19(23)21-15-6-4-2-3-5-7-15/h8-12,15H,2-7H2,1H3,(H,21,23). The number of rotatable bonds is 3. The minimum absolute atomic E-state index is 0.147. The summed E-state index contributed by atoms with van der Waals surface area (Å²) in [5.74, 6) is 0.929. The minimum Gasteiger partial charge on any atom is -0.497 e. The largest absolute Gasteiger partial charge is 0.497 e. The molecule has 2 heterocycles. The van der Waals surface area contributed by atoms with Gasteiger partial charge in [0, 0.05) is 22.9 Å². The van der Waals surface area contributed by atoms with Crippen LogP contribution in [0.1, 0.15) is 49.1 Å². The lowest BCUT2D eigenvalue weighted by molar-refractivity contribution is 0.0907. The summed E-state index contributed by atoms with van der Waals surface area (Å²) in [4.78, 5) is 17.1. The molecule has 1 fully saturated rings. The Bertz CT molecular complexity index is 908. The van der Waals surface area contributed by atoms with E-state index in [0.717, 1.165) is 34.9 Å². The highest BCUT2D eigenvalue weighted by atomic mass is 16.5. The van der Waals surface area contributed by atoms with E-state index in [1.54, 1.807) is 13.2 Å². The lowest BCUT2D eigenvalue weighted by atomic mass is 10.1. The zero-order valence-electron chi connectivity index (χ0n) is 14.4. The van der Waals surface area contributed by atoms with Crippen LogP contribution in [0.4, 0.5) is 0 Å². The molecule has 5 nitrogen and oxygen atoms in total. The molecule has 25 heavy (non-hydrogen) atoms. The Kier molecular flexibility index (Phi) is 4.30. The fraction of sp³-hybridized carbons (Fsp3) is 0.400. The lowest BCUT2D eigenvalue weighted by Gasteiger charge is -2.14. The normalized spacial score (nSPS) is 16.0. The van der Waals surface area contributed by atoms with Gasteiger partial charge in [-0.1, -0.05) is 25.7 Å². The van der Waals surface area contributed by atoms with Crippen molar-refractivity contribution in [2.45, 2.75) is 44.6 Å². The van der Waals surface area contributed by atoms with Crippen LogP contribution in [0, 0.1) is 0 Å². The molecule has 4 rings (SSSR count). The molecule has 1 N–H and O–H groups in total. The van der Waals surface area contributed by atoms with E-state index < -0.39 is 0 Å². The summed E-state index contributed by atoms with van der Waals surface area (Å²) in [6, 6.07) is 9.73. The van der Waals surface area contributed by atoms with Crippen molar-refractivity contribution in [3.8, 4) is 5.75 Å². The van der Waals surface area contributed by atoms with E-state index in [9.17, 15) is 4.79 Å². The number of nitrogens with one attached hydrogen (secondary N) is 1. The maximum absolute atomic E-state index is 12.5. The van der Waals surface area contributed by atoms with E-state index in [-0.39, 0.29) is 11.9 Å². The number of carbonyl (C=O) groups is 1. The number of benzene rings is 1. The lowest BCUT2D eigenvalue weighted by Crippen LogP contribution is -2.34. The number of amides is 1. The first-order valence-electron chi connectivity index (χ1n) is 8.92. The highest BCUT2D eigenvalue weighted by Crippen LogP contribution is 2.26. The van der Waals surface area contributed by atoms with Gasteiger partial charge >= 0.3 is 0 Å². The molecular weight excluding hydrogens is 316 g/mol. The van der Waals surface area contributed by atoms with E-state index in [1.807, 2.05) is 24.3 Å². The topological polar surface area (TPSA) is 64.4 Å². The zero-order valence-corrected chi connectivity index (χ0v) is 14.4. The van der Waals surface area contributed by atoms with Gasteiger partial charge in [-0.3, -0.25) is 4.79 Å². The molecule has 0 unspecified atom stereocenters. The second kappa shape index (κ2) is 6.75. The molecule has 3 aromatic rings. The van der Waals surface area contributed by atoms with Crippen molar-refractivity contribution >= 4 is 27.9 Å². The fourth-order valence-corrected chi connectivity index (χ4v) is 3.52. The van der Waals surface area contributed by atoms with E-state index in [2.05, 4.69) is 10.3 Å². The van der Waals surface area contributed by atoms with E-state index >= 15 is 0 Å². The fourth-order valence-electron chi connectivity index (χ4n) is 3.52. The zero-order chi connectivity index (χ0) is 17.2. The number of ether oxygens (including phenoxy) is 1. The summed E-state index contributed by atoms with van der Waals surface area (Å²) < 4.78 is 11.0. The van der Waals surface area contributed by atoms with Gasteiger partial charge in [0.25, 0.3) is 5.91 Å². The summed E-state index contributed by atoms with van der Waals surface area (Å²) in [5.41, 5.74) is 1.27. The molecule has 130 valence electrons. The second-order valence-corrected chi connectivity index (χ2v) is 6.71. The summed E-state index contributed by atoms with van der Waals surface area (Å²) in [5, 5.41) is 4.94. The molecule has 0 atom stereocenters. The number of fused-ring (bicyclic) bond motifs is 2. The average Bonchev–Trinajstić information content (AvgIpc) is 2.87. The van der Waals surface area contributed by atoms with Gasteiger partial charge in [0.15, 0.2) is 5.76 Å². The molecule has 2 aromatic heterocycles. The molecule has 1 amide bonds. The Balaban J connectivity index is 1.61. The molecule has 0 saturated heterocycles. The highest BCUT2D eigenvalue weighted by Gasteiger charge is 2.19. The van der Waals surface area contributed by atoms with Crippen LogP contribution in [0.2, 0.25) is 0 Å². The Morgan fingerprint density at radius 3 is 2.68 bits per heavy atom. The predicted octanol–water partition coefficient (Wildman–Crippen LogP) is 4.44. The van der Waals surface area contributed by atoms with Gasteiger partial charge in [-0.05, 0) is 37.1 Å². The maximum Gasteiger partial charge on any atom is 0.287 e. The molecule has 1 aliphatic carbocycles. The average molecular weight is 338 g/mol.